The number of carbonyl (C=O) groups excluding carboxylic acids is 1. The van der Waals surface area contributed by atoms with Crippen molar-refractivity contribution in [3.8, 4) is 6.07 Å². The van der Waals surface area contributed by atoms with E-state index >= 15 is 0 Å². The van der Waals surface area contributed by atoms with E-state index in [-0.39, 0.29) is 5.41 Å². The van der Waals surface area contributed by atoms with Crippen LogP contribution in [0, 0.1) is 29.6 Å². The van der Waals surface area contributed by atoms with Crippen LogP contribution in [-0.4, -0.2) is 33.0 Å². The van der Waals surface area contributed by atoms with Crippen LogP contribution in [0.1, 0.15) is 56.5 Å². The molecule has 5 rings (SSSR count). The van der Waals surface area contributed by atoms with E-state index in [0.717, 1.165) is 0 Å². The number of nitrogens with zero attached hydrogens (tertiary/aromatic N) is 4. The summed E-state index contributed by atoms with van der Waals surface area (Å²) in [6.45, 7) is 8.65. The summed E-state index contributed by atoms with van der Waals surface area (Å²) in [5, 5.41) is 19.5. The molecule has 10 nitrogen and oxygen atoms in total. The van der Waals surface area contributed by atoms with Gasteiger partial charge in [-0.05, 0) is 43.4 Å². The second kappa shape index (κ2) is 10.1. The lowest BCUT2D eigenvalue weighted by Gasteiger charge is -2.24. The molecule has 3 heterocycles. The third-order valence-corrected chi connectivity index (χ3v) is 7.39. The number of hydrazine groups is 2. The highest BCUT2D eigenvalue weighted by Gasteiger charge is 2.54. The summed E-state index contributed by atoms with van der Waals surface area (Å²) in [7, 11) is 0. The van der Waals surface area contributed by atoms with Gasteiger partial charge in [0.1, 0.15) is 11.6 Å². The molecule has 1 aliphatic heterocycles. The smallest absolute Gasteiger partial charge is 0.244 e. The largest absolute Gasteiger partial charge is 0.383 e. The van der Waals surface area contributed by atoms with Crippen LogP contribution in [0.3, 0.4) is 0 Å². The van der Waals surface area contributed by atoms with Crippen molar-refractivity contribution in [2.45, 2.75) is 52.1 Å². The Morgan fingerprint density at radius 3 is 2.73 bits per heavy atom. The van der Waals surface area contributed by atoms with Crippen molar-refractivity contribution in [1.29, 1.82) is 5.26 Å². The molecule has 1 atom stereocenters. The molecular weight excluding hydrogens is 533 g/mol. The number of aryl methyl sites for hydroxylation is 1. The molecule has 0 saturated heterocycles. The molecule has 0 unspecified atom stereocenters. The molecule has 0 bridgehead atoms. The summed E-state index contributed by atoms with van der Waals surface area (Å²) in [6, 6.07) is 8.27. The minimum absolute atomic E-state index is 0.0382. The van der Waals surface area contributed by atoms with E-state index in [1.54, 1.807) is 30.3 Å². The van der Waals surface area contributed by atoms with Gasteiger partial charge >= 0.3 is 0 Å². The fourth-order valence-electron chi connectivity index (χ4n) is 4.74. The third-order valence-electron chi connectivity index (χ3n) is 7.10. The molecule has 12 heteroatoms. The molecule has 0 radical (unpaired) electrons. The number of carbonyl (C=O) groups is 1. The Kier molecular flexibility index (Phi) is 6.94. The number of aromatic nitrogens is 2. The SMILES string of the molecule is Cc1nc(F)ccc1[C@H](Nc1cc(Cl)c2ncc(C#N)c(NCC(C)(C)C)c2c1)C1=CN(C2(C(N)=O)CC2)NN1. The van der Waals surface area contributed by atoms with E-state index in [1.165, 1.54) is 12.3 Å². The second-order valence-electron chi connectivity index (χ2n) is 11.4. The number of anilines is 2. The fourth-order valence-corrected chi connectivity index (χ4v) is 5.01. The van der Waals surface area contributed by atoms with Gasteiger partial charge in [-0.2, -0.15) is 9.65 Å². The van der Waals surface area contributed by atoms with Gasteiger partial charge in [0.25, 0.3) is 0 Å². The van der Waals surface area contributed by atoms with Crippen LogP contribution in [0.4, 0.5) is 15.8 Å². The first kappa shape index (κ1) is 27.4. The van der Waals surface area contributed by atoms with Crippen molar-refractivity contribution in [3.63, 3.8) is 0 Å². The standard InChI is InChI=1S/C28H31ClFN9O/c1-15-18(5-6-22(30)35-15)25(21-13-39(38-37-21)28(7-8-28)26(32)40)36-17-9-19-23(34-14-27(2,3)4)16(11-31)12-33-24(19)20(29)10-17/h5-6,9-10,12-13,25,36-38H,7-8,14H2,1-4H3,(H2,32,40)(H,33,34)/t25-/m0/s1. The number of hydrogen-bond donors (Lipinski definition) is 5. The van der Waals surface area contributed by atoms with Gasteiger partial charge in [0, 0.05) is 41.3 Å². The van der Waals surface area contributed by atoms with Crippen molar-refractivity contribution < 1.29 is 9.18 Å². The van der Waals surface area contributed by atoms with Gasteiger partial charge in [0.15, 0.2) is 0 Å². The van der Waals surface area contributed by atoms with Crippen LogP contribution in [0.25, 0.3) is 10.9 Å². The Morgan fingerprint density at radius 1 is 1.35 bits per heavy atom. The molecule has 1 aromatic carbocycles. The zero-order chi connectivity index (χ0) is 28.8. The maximum absolute atomic E-state index is 13.9. The number of nitrogens with two attached hydrogens (primary N) is 1. The average Bonchev–Trinajstić information content (AvgIpc) is 3.56. The quantitative estimate of drug-likeness (QED) is 0.252. The molecule has 1 aliphatic carbocycles. The van der Waals surface area contributed by atoms with Crippen LogP contribution in [0.15, 0.2) is 42.4 Å². The summed E-state index contributed by atoms with van der Waals surface area (Å²) in [4.78, 5) is 20.6. The topological polar surface area (TPSA) is 144 Å². The molecule has 0 spiro atoms. The summed E-state index contributed by atoms with van der Waals surface area (Å²) >= 11 is 6.71. The number of nitrogens with one attached hydrogen (secondary N) is 4. The summed E-state index contributed by atoms with van der Waals surface area (Å²) in [5.41, 5.74) is 15.1. The lowest BCUT2D eigenvalue weighted by molar-refractivity contribution is -0.124. The van der Waals surface area contributed by atoms with Gasteiger partial charge in [-0.25, -0.2) is 4.98 Å². The molecule has 1 fully saturated rings. The van der Waals surface area contributed by atoms with Crippen LogP contribution in [0.2, 0.25) is 5.02 Å². The Morgan fingerprint density at radius 2 is 2.10 bits per heavy atom. The molecular formula is C28H31ClFN9O. The normalized spacial score (nSPS) is 16.6. The van der Waals surface area contributed by atoms with Crippen LogP contribution in [0.5, 0.6) is 0 Å². The van der Waals surface area contributed by atoms with E-state index < -0.39 is 23.4 Å². The number of pyridine rings is 2. The molecule has 2 aromatic heterocycles. The number of amides is 1. The Balaban J connectivity index is 1.58. The lowest BCUT2D eigenvalue weighted by atomic mass is 9.96. The minimum Gasteiger partial charge on any atom is -0.383 e. The highest BCUT2D eigenvalue weighted by Crippen LogP contribution is 2.43. The first-order valence-electron chi connectivity index (χ1n) is 12.9. The predicted molar refractivity (Wildman–Crippen MR) is 152 cm³/mol. The Labute approximate surface area is 236 Å². The molecule has 6 N–H and O–H groups in total. The van der Waals surface area contributed by atoms with Gasteiger partial charge in [-0.15, -0.1) is 5.53 Å². The number of hydrogen-bond acceptors (Lipinski definition) is 9. The van der Waals surface area contributed by atoms with Crippen molar-refractivity contribution in [2.24, 2.45) is 11.1 Å². The zero-order valence-corrected chi connectivity index (χ0v) is 23.4. The van der Waals surface area contributed by atoms with Crippen molar-refractivity contribution in [2.75, 3.05) is 17.2 Å². The molecule has 1 amide bonds. The van der Waals surface area contributed by atoms with Crippen LogP contribution in [-0.2, 0) is 4.79 Å². The Hall–Kier alpha value is -4.14. The maximum Gasteiger partial charge on any atom is 0.244 e. The maximum atomic E-state index is 13.9. The highest BCUT2D eigenvalue weighted by molar-refractivity contribution is 6.35. The van der Waals surface area contributed by atoms with Crippen molar-refractivity contribution in [3.05, 3.63) is 70.2 Å². The third kappa shape index (κ3) is 5.20. The van der Waals surface area contributed by atoms with E-state index in [1.807, 2.05) is 6.07 Å². The molecule has 3 aromatic rings. The van der Waals surface area contributed by atoms with Gasteiger partial charge in [0.05, 0.1) is 33.5 Å². The van der Waals surface area contributed by atoms with Gasteiger partial charge < -0.3 is 21.8 Å². The van der Waals surface area contributed by atoms with Gasteiger partial charge in [-0.1, -0.05) is 38.4 Å². The minimum atomic E-state index is -0.797. The number of halogens is 2. The van der Waals surface area contributed by atoms with E-state index in [0.29, 0.717) is 69.2 Å². The van der Waals surface area contributed by atoms with Crippen LogP contribution >= 0.6 is 11.6 Å². The number of benzene rings is 1. The molecule has 40 heavy (non-hydrogen) atoms. The highest BCUT2D eigenvalue weighted by atomic mass is 35.5. The number of rotatable bonds is 8. The molecule has 208 valence electrons. The Bertz CT molecular complexity index is 1570. The first-order valence-corrected chi connectivity index (χ1v) is 13.3. The monoisotopic (exact) mass is 563 g/mol. The number of primary amides is 1. The molecule has 2 aliphatic rings. The summed E-state index contributed by atoms with van der Waals surface area (Å²) < 4.78 is 13.9. The predicted octanol–water partition coefficient (Wildman–Crippen LogP) is 4.40. The first-order chi connectivity index (χ1) is 18.9. The number of fused-ring (bicyclic) bond motifs is 1. The summed E-state index contributed by atoms with van der Waals surface area (Å²) in [6.07, 6.45) is 4.57. The average molecular weight is 564 g/mol. The van der Waals surface area contributed by atoms with Crippen molar-refractivity contribution >= 4 is 39.8 Å². The summed E-state index contributed by atoms with van der Waals surface area (Å²) in [5.74, 6) is -1.00. The van der Waals surface area contributed by atoms with Crippen molar-refractivity contribution in [1.82, 2.24) is 25.9 Å². The van der Waals surface area contributed by atoms with E-state index in [9.17, 15) is 14.4 Å². The lowest BCUT2D eigenvalue weighted by Crippen LogP contribution is -2.51. The fraction of sp³-hybridized carbons (Fsp3) is 0.357. The second-order valence-corrected chi connectivity index (χ2v) is 11.8. The van der Waals surface area contributed by atoms with E-state index in [2.05, 4.69) is 58.4 Å². The van der Waals surface area contributed by atoms with Crippen LogP contribution < -0.4 is 27.3 Å². The molecule has 1 saturated carbocycles. The number of nitriles is 1. The van der Waals surface area contributed by atoms with Gasteiger partial charge in [-0.3, -0.25) is 14.8 Å². The zero-order valence-electron chi connectivity index (χ0n) is 22.7. The van der Waals surface area contributed by atoms with E-state index in [4.69, 9.17) is 17.3 Å². The van der Waals surface area contributed by atoms with Gasteiger partial charge in [0.2, 0.25) is 11.9 Å².